The van der Waals surface area contributed by atoms with Crippen molar-refractivity contribution in [3.8, 4) is 5.75 Å². The molecule has 0 unspecified atom stereocenters. The first-order valence-corrected chi connectivity index (χ1v) is 5.47. The number of ether oxygens (including phenoxy) is 1. The summed E-state index contributed by atoms with van der Waals surface area (Å²) < 4.78 is 18.8. The molecule has 1 nitrogen and oxygen atoms in total. The fourth-order valence-corrected chi connectivity index (χ4v) is 2.09. The minimum Gasteiger partial charge on any atom is -0.493 e. The van der Waals surface area contributed by atoms with Gasteiger partial charge in [-0.15, -0.1) is 0 Å². The minimum absolute atomic E-state index is 0.307. The van der Waals surface area contributed by atoms with Crippen LogP contribution >= 0.6 is 38.5 Å². The topological polar surface area (TPSA) is 9.23 Å². The molecule has 0 spiro atoms. The van der Waals surface area contributed by atoms with Crippen molar-refractivity contribution in [3.63, 3.8) is 0 Å². The van der Waals surface area contributed by atoms with E-state index >= 15 is 0 Å². The van der Waals surface area contributed by atoms with Gasteiger partial charge < -0.3 is 4.74 Å². The van der Waals surface area contributed by atoms with E-state index in [9.17, 15) is 4.39 Å². The van der Waals surface area contributed by atoms with Gasteiger partial charge in [-0.25, -0.2) is 4.39 Å². The first-order chi connectivity index (χ1) is 5.69. The molecule has 0 aromatic heterocycles. The molecule has 0 amide bonds. The summed E-state index contributed by atoms with van der Waals surface area (Å²) in [5.41, 5.74) is 0.915. The highest BCUT2D eigenvalue weighted by Gasteiger charge is 2.08. The molecule has 0 fully saturated rings. The second kappa shape index (κ2) is 4.41. The van der Waals surface area contributed by atoms with E-state index in [0.29, 0.717) is 11.1 Å². The highest BCUT2D eigenvalue weighted by molar-refractivity contribution is 14.1. The summed E-state index contributed by atoms with van der Waals surface area (Å²) in [6.07, 6.45) is 0. The molecule has 0 bridgehead atoms. The van der Waals surface area contributed by atoms with Gasteiger partial charge in [-0.1, -0.05) is 15.9 Å². The predicted molar refractivity (Wildman–Crippen MR) is 58.3 cm³/mol. The second-order valence-corrected chi connectivity index (χ2v) is 3.95. The van der Waals surface area contributed by atoms with Gasteiger partial charge in [-0.3, -0.25) is 0 Å². The Bertz CT molecular complexity index is 267. The van der Waals surface area contributed by atoms with Crippen LogP contribution < -0.4 is 4.74 Å². The summed E-state index contributed by atoms with van der Waals surface area (Å²) in [6.45, 7) is 0. The summed E-state index contributed by atoms with van der Waals surface area (Å²) in [7, 11) is 1.47. The van der Waals surface area contributed by atoms with Gasteiger partial charge in [0.2, 0.25) is 0 Å². The van der Waals surface area contributed by atoms with E-state index < -0.39 is 0 Å². The highest BCUT2D eigenvalue weighted by atomic mass is 127. The zero-order valence-electron chi connectivity index (χ0n) is 6.40. The van der Waals surface area contributed by atoms with Gasteiger partial charge in [0.05, 0.1) is 10.7 Å². The van der Waals surface area contributed by atoms with Gasteiger partial charge in [0.1, 0.15) is 0 Å². The zero-order valence-corrected chi connectivity index (χ0v) is 10.1. The molecule has 0 heterocycles. The number of hydrogen-bond acceptors (Lipinski definition) is 1. The molecule has 66 valence electrons. The molecule has 0 saturated heterocycles. The van der Waals surface area contributed by atoms with Gasteiger partial charge >= 0.3 is 0 Å². The summed E-state index contributed by atoms with van der Waals surface area (Å²) in [5, 5.41) is 0.657. The van der Waals surface area contributed by atoms with E-state index in [1.807, 2.05) is 28.7 Å². The lowest BCUT2D eigenvalue weighted by molar-refractivity contribution is 0.383. The average molecular weight is 345 g/mol. The largest absolute Gasteiger partial charge is 0.493 e. The van der Waals surface area contributed by atoms with Gasteiger partial charge in [0.15, 0.2) is 11.6 Å². The summed E-state index contributed by atoms with van der Waals surface area (Å²) in [5.74, 6) is 0.0131. The molecular weight excluding hydrogens is 338 g/mol. The van der Waals surface area contributed by atoms with Crippen LogP contribution in [0.15, 0.2) is 12.1 Å². The summed E-state index contributed by atoms with van der Waals surface area (Å²) in [4.78, 5) is 0. The van der Waals surface area contributed by atoms with E-state index in [2.05, 4.69) is 15.9 Å². The van der Waals surface area contributed by atoms with Crippen molar-refractivity contribution < 1.29 is 9.13 Å². The third-order valence-electron chi connectivity index (χ3n) is 1.42. The van der Waals surface area contributed by atoms with Gasteiger partial charge in [0.25, 0.3) is 0 Å². The third-order valence-corrected chi connectivity index (χ3v) is 2.87. The zero-order chi connectivity index (χ0) is 9.14. The van der Waals surface area contributed by atoms with Crippen LogP contribution in [-0.4, -0.2) is 7.11 Å². The molecule has 0 aliphatic heterocycles. The Morgan fingerprint density at radius 1 is 1.58 bits per heavy atom. The smallest absolute Gasteiger partial charge is 0.167 e. The van der Waals surface area contributed by atoms with Crippen molar-refractivity contribution >= 4 is 38.5 Å². The van der Waals surface area contributed by atoms with Crippen molar-refractivity contribution in [2.24, 2.45) is 0 Å². The van der Waals surface area contributed by atoms with Crippen LogP contribution in [0.3, 0.4) is 0 Å². The normalized spacial score (nSPS) is 10.0. The summed E-state index contributed by atoms with van der Waals surface area (Å²) in [6, 6.07) is 3.35. The van der Waals surface area contributed by atoms with Crippen LogP contribution in [0.2, 0.25) is 0 Å². The van der Waals surface area contributed by atoms with Crippen LogP contribution in [-0.2, 0) is 5.33 Å². The van der Waals surface area contributed by atoms with Crippen LogP contribution in [0.1, 0.15) is 5.56 Å². The quantitative estimate of drug-likeness (QED) is 0.590. The lowest BCUT2D eigenvalue weighted by Crippen LogP contribution is -1.93. The third kappa shape index (κ3) is 2.10. The van der Waals surface area contributed by atoms with Crippen LogP contribution in [0.25, 0.3) is 0 Å². The Balaban J connectivity index is 3.18. The number of rotatable bonds is 2. The fourth-order valence-electron chi connectivity index (χ4n) is 0.885. The average Bonchev–Trinajstić information content (AvgIpc) is 2.03. The van der Waals surface area contributed by atoms with Crippen molar-refractivity contribution in [2.75, 3.05) is 7.11 Å². The SMILES string of the molecule is COc1c(F)cc(CBr)cc1I. The van der Waals surface area contributed by atoms with Gasteiger partial charge in [-0.2, -0.15) is 0 Å². The fraction of sp³-hybridized carbons (Fsp3) is 0.250. The first-order valence-electron chi connectivity index (χ1n) is 3.27. The second-order valence-electron chi connectivity index (χ2n) is 2.23. The Morgan fingerprint density at radius 2 is 2.25 bits per heavy atom. The lowest BCUT2D eigenvalue weighted by atomic mass is 10.2. The van der Waals surface area contributed by atoms with Crippen molar-refractivity contribution in [3.05, 3.63) is 27.1 Å². The lowest BCUT2D eigenvalue weighted by Gasteiger charge is -2.05. The molecule has 12 heavy (non-hydrogen) atoms. The Labute approximate surface area is 92.6 Å². The van der Waals surface area contributed by atoms with Gasteiger partial charge in [0, 0.05) is 5.33 Å². The number of hydrogen-bond donors (Lipinski definition) is 0. The monoisotopic (exact) mass is 344 g/mol. The molecule has 0 N–H and O–H groups in total. The van der Waals surface area contributed by atoms with E-state index in [4.69, 9.17) is 4.74 Å². The number of halogens is 3. The maximum atomic E-state index is 13.1. The first kappa shape index (κ1) is 10.2. The highest BCUT2D eigenvalue weighted by Crippen LogP contribution is 2.26. The van der Waals surface area contributed by atoms with Crippen LogP contribution in [0.5, 0.6) is 5.75 Å². The number of methoxy groups -OCH3 is 1. The van der Waals surface area contributed by atoms with E-state index in [1.165, 1.54) is 13.2 Å². The maximum absolute atomic E-state index is 13.1. The minimum atomic E-state index is -0.307. The molecule has 4 heteroatoms. The number of benzene rings is 1. The molecule has 1 rings (SSSR count). The molecule has 1 aromatic carbocycles. The van der Waals surface area contributed by atoms with Crippen LogP contribution in [0.4, 0.5) is 4.39 Å². The Kier molecular flexibility index (Phi) is 3.77. The maximum Gasteiger partial charge on any atom is 0.167 e. The van der Waals surface area contributed by atoms with Crippen LogP contribution in [0, 0.1) is 9.39 Å². The van der Waals surface area contributed by atoms with Gasteiger partial charge in [-0.05, 0) is 40.3 Å². The molecule has 0 saturated carbocycles. The van der Waals surface area contributed by atoms with Crippen molar-refractivity contribution in [1.82, 2.24) is 0 Å². The number of alkyl halides is 1. The van der Waals surface area contributed by atoms with E-state index in [1.54, 1.807) is 0 Å². The standard InChI is InChI=1S/C8H7BrFIO/c1-12-8-6(10)2-5(4-9)3-7(8)11/h2-3H,4H2,1H3. The predicted octanol–water partition coefficient (Wildman–Crippen LogP) is 3.33. The van der Waals surface area contributed by atoms with E-state index in [0.717, 1.165) is 9.13 Å². The Hall–Kier alpha value is 0.160. The van der Waals surface area contributed by atoms with Crippen molar-refractivity contribution in [1.29, 1.82) is 0 Å². The Morgan fingerprint density at radius 3 is 2.67 bits per heavy atom. The molecule has 0 aliphatic carbocycles. The molecule has 0 atom stereocenters. The molecule has 1 aromatic rings. The molecular formula is C8H7BrFIO. The van der Waals surface area contributed by atoms with E-state index in [-0.39, 0.29) is 5.82 Å². The molecule has 0 aliphatic rings. The summed E-state index contributed by atoms with van der Waals surface area (Å²) >= 11 is 5.31. The van der Waals surface area contributed by atoms with Crippen molar-refractivity contribution in [2.45, 2.75) is 5.33 Å². The molecule has 0 radical (unpaired) electrons.